The lowest BCUT2D eigenvalue weighted by Crippen LogP contribution is -2.44. The first-order chi connectivity index (χ1) is 7.29. The smallest absolute Gasteiger partial charge is 0.223 e. The third-order valence-corrected chi connectivity index (χ3v) is 2.43. The third kappa shape index (κ3) is 2.27. The van der Waals surface area contributed by atoms with E-state index in [1.54, 1.807) is 0 Å². The highest BCUT2D eigenvalue weighted by Gasteiger charge is 2.13. The molecule has 6 nitrogen and oxygen atoms in total. The van der Waals surface area contributed by atoms with Crippen molar-refractivity contribution in [1.82, 2.24) is 15.3 Å². The molecule has 0 saturated carbocycles. The average Bonchev–Trinajstić information content (AvgIpc) is 2.29. The van der Waals surface area contributed by atoms with E-state index in [0.29, 0.717) is 5.95 Å². The van der Waals surface area contributed by atoms with Gasteiger partial charge in [0.05, 0.1) is 0 Å². The van der Waals surface area contributed by atoms with Crippen molar-refractivity contribution in [3.8, 4) is 0 Å². The maximum Gasteiger partial charge on any atom is 0.223 e. The predicted molar refractivity (Wildman–Crippen MR) is 61.1 cm³/mol. The van der Waals surface area contributed by atoms with Crippen molar-refractivity contribution in [3.63, 3.8) is 0 Å². The van der Waals surface area contributed by atoms with Gasteiger partial charge in [0.25, 0.3) is 0 Å². The molecule has 4 N–H and O–H groups in total. The normalized spacial score (nSPS) is 16.5. The molecule has 0 unspecified atom stereocenters. The Hall–Kier alpha value is -1.56. The predicted octanol–water partition coefficient (Wildman–Crippen LogP) is -0.490. The highest BCUT2D eigenvalue weighted by Crippen LogP contribution is 2.16. The van der Waals surface area contributed by atoms with E-state index >= 15 is 0 Å². The van der Waals surface area contributed by atoms with Gasteiger partial charge < -0.3 is 21.3 Å². The van der Waals surface area contributed by atoms with Gasteiger partial charge in [0, 0.05) is 39.3 Å². The second-order valence-electron chi connectivity index (χ2n) is 3.46. The van der Waals surface area contributed by atoms with Crippen molar-refractivity contribution in [3.05, 3.63) is 6.07 Å². The van der Waals surface area contributed by atoms with E-state index in [0.717, 1.165) is 37.8 Å². The van der Waals surface area contributed by atoms with E-state index < -0.39 is 0 Å². The molecule has 2 rings (SSSR count). The fraction of sp³-hybridized carbons (Fsp3) is 0.556. The average molecular weight is 208 g/mol. The van der Waals surface area contributed by atoms with E-state index in [1.807, 2.05) is 13.1 Å². The van der Waals surface area contributed by atoms with Gasteiger partial charge in [-0.3, -0.25) is 0 Å². The number of rotatable bonds is 2. The lowest BCUT2D eigenvalue weighted by molar-refractivity contribution is 0.585. The van der Waals surface area contributed by atoms with E-state index in [9.17, 15) is 0 Å². The van der Waals surface area contributed by atoms with E-state index in [4.69, 9.17) is 5.73 Å². The molecule has 0 atom stereocenters. The Kier molecular flexibility index (Phi) is 2.86. The summed E-state index contributed by atoms with van der Waals surface area (Å²) in [6.45, 7) is 3.89. The van der Waals surface area contributed by atoms with Gasteiger partial charge in [-0.05, 0) is 0 Å². The number of hydrogen-bond acceptors (Lipinski definition) is 6. The Morgan fingerprint density at radius 1 is 1.40 bits per heavy atom. The molecule has 0 amide bonds. The first-order valence-corrected chi connectivity index (χ1v) is 5.07. The van der Waals surface area contributed by atoms with Crippen molar-refractivity contribution in [2.75, 3.05) is 49.2 Å². The van der Waals surface area contributed by atoms with Gasteiger partial charge in [0.2, 0.25) is 5.95 Å². The summed E-state index contributed by atoms with van der Waals surface area (Å²) in [4.78, 5) is 10.5. The fourth-order valence-corrected chi connectivity index (χ4v) is 1.64. The Morgan fingerprint density at radius 3 is 2.80 bits per heavy atom. The second kappa shape index (κ2) is 4.31. The zero-order valence-electron chi connectivity index (χ0n) is 8.82. The summed E-state index contributed by atoms with van der Waals surface area (Å²) < 4.78 is 0. The van der Waals surface area contributed by atoms with E-state index in [-0.39, 0.29) is 0 Å². The van der Waals surface area contributed by atoms with Crippen LogP contribution < -0.4 is 21.3 Å². The molecule has 2 heterocycles. The molecule has 0 spiro atoms. The van der Waals surface area contributed by atoms with Crippen LogP contribution >= 0.6 is 0 Å². The van der Waals surface area contributed by atoms with Crippen LogP contribution in [-0.2, 0) is 0 Å². The van der Waals surface area contributed by atoms with Gasteiger partial charge in [-0.2, -0.15) is 9.97 Å². The number of anilines is 3. The van der Waals surface area contributed by atoms with Crippen LogP contribution in [0, 0.1) is 0 Å². The number of nitrogens with one attached hydrogen (secondary N) is 2. The maximum absolute atomic E-state index is 5.64. The molecule has 1 aromatic heterocycles. The summed E-state index contributed by atoms with van der Waals surface area (Å²) in [7, 11) is 1.82. The number of hydrogen-bond donors (Lipinski definition) is 3. The van der Waals surface area contributed by atoms with E-state index in [1.165, 1.54) is 0 Å². The van der Waals surface area contributed by atoms with Crippen LogP contribution in [0.5, 0.6) is 0 Å². The summed E-state index contributed by atoms with van der Waals surface area (Å²) >= 11 is 0. The molecule has 6 heteroatoms. The van der Waals surface area contributed by atoms with Gasteiger partial charge in [-0.1, -0.05) is 0 Å². The molecular weight excluding hydrogens is 192 g/mol. The van der Waals surface area contributed by atoms with Crippen LogP contribution in [0.4, 0.5) is 17.6 Å². The molecule has 1 aliphatic heterocycles. The Bertz CT molecular complexity index is 333. The summed E-state index contributed by atoms with van der Waals surface area (Å²) in [6.07, 6.45) is 0. The molecule has 0 aromatic carbocycles. The number of nitrogen functional groups attached to an aromatic ring is 1. The molecule has 0 bridgehead atoms. The van der Waals surface area contributed by atoms with Crippen LogP contribution in [0.2, 0.25) is 0 Å². The monoisotopic (exact) mass is 208 g/mol. The van der Waals surface area contributed by atoms with Gasteiger partial charge in [0.15, 0.2) is 0 Å². The highest BCUT2D eigenvalue weighted by atomic mass is 15.3. The Labute approximate surface area is 88.9 Å². The van der Waals surface area contributed by atoms with Crippen molar-refractivity contribution < 1.29 is 0 Å². The van der Waals surface area contributed by atoms with Gasteiger partial charge in [0.1, 0.15) is 11.6 Å². The molecule has 0 radical (unpaired) electrons. The third-order valence-electron chi connectivity index (χ3n) is 2.43. The minimum Gasteiger partial charge on any atom is -0.373 e. The quantitative estimate of drug-likeness (QED) is 0.608. The van der Waals surface area contributed by atoms with Crippen molar-refractivity contribution in [1.29, 1.82) is 0 Å². The molecule has 1 fully saturated rings. The van der Waals surface area contributed by atoms with Gasteiger partial charge >= 0.3 is 0 Å². The SMILES string of the molecule is CNc1cc(N2CCNCC2)nc(N)n1. The van der Waals surface area contributed by atoms with Crippen molar-refractivity contribution in [2.24, 2.45) is 0 Å². The van der Waals surface area contributed by atoms with E-state index in [2.05, 4.69) is 25.5 Å². The van der Waals surface area contributed by atoms with Crippen molar-refractivity contribution >= 4 is 17.6 Å². The minimum atomic E-state index is 0.315. The van der Waals surface area contributed by atoms with Crippen LogP contribution in [0.3, 0.4) is 0 Å². The molecule has 1 aliphatic rings. The summed E-state index contributed by atoms with van der Waals surface area (Å²) in [5.74, 6) is 1.97. The molecule has 1 aromatic rings. The lowest BCUT2D eigenvalue weighted by atomic mass is 10.3. The number of aromatic nitrogens is 2. The number of nitrogens with zero attached hydrogens (tertiary/aromatic N) is 3. The zero-order valence-corrected chi connectivity index (χ0v) is 8.82. The summed E-state index contributed by atoms with van der Waals surface area (Å²) in [5, 5.41) is 6.27. The maximum atomic E-state index is 5.64. The molecular formula is C9H16N6. The molecule has 82 valence electrons. The first-order valence-electron chi connectivity index (χ1n) is 5.07. The second-order valence-corrected chi connectivity index (χ2v) is 3.46. The van der Waals surface area contributed by atoms with Crippen molar-refractivity contribution in [2.45, 2.75) is 0 Å². The first kappa shape index (κ1) is 9.97. The standard InChI is InChI=1S/C9H16N6/c1-11-7-6-8(14-9(10)13-7)15-4-2-12-3-5-15/h6,12H,2-5H2,1H3,(H3,10,11,13,14). The number of piperazine rings is 1. The highest BCUT2D eigenvalue weighted by molar-refractivity contribution is 5.52. The summed E-state index contributed by atoms with van der Waals surface area (Å²) in [6, 6.07) is 1.92. The van der Waals surface area contributed by atoms with Crippen LogP contribution in [0.25, 0.3) is 0 Å². The van der Waals surface area contributed by atoms with Crippen LogP contribution in [0.15, 0.2) is 6.07 Å². The molecule has 1 saturated heterocycles. The fourth-order valence-electron chi connectivity index (χ4n) is 1.64. The topological polar surface area (TPSA) is 79.1 Å². The molecule has 15 heavy (non-hydrogen) atoms. The van der Waals surface area contributed by atoms with Crippen LogP contribution in [-0.4, -0.2) is 43.2 Å². The Balaban J connectivity index is 2.22. The van der Waals surface area contributed by atoms with Crippen LogP contribution in [0.1, 0.15) is 0 Å². The molecule has 0 aliphatic carbocycles. The lowest BCUT2D eigenvalue weighted by Gasteiger charge is -2.28. The minimum absolute atomic E-state index is 0.315. The number of nitrogens with two attached hydrogens (primary N) is 1. The van der Waals surface area contributed by atoms with Gasteiger partial charge in [-0.15, -0.1) is 0 Å². The summed E-state index contributed by atoms with van der Waals surface area (Å²) in [5.41, 5.74) is 5.64. The largest absolute Gasteiger partial charge is 0.373 e. The Morgan fingerprint density at radius 2 is 2.13 bits per heavy atom. The zero-order chi connectivity index (χ0) is 10.7. The van der Waals surface area contributed by atoms with Gasteiger partial charge in [-0.25, -0.2) is 0 Å².